The first kappa shape index (κ1) is 55.3. The van der Waals surface area contributed by atoms with Crippen molar-refractivity contribution in [2.45, 2.75) is 97.1 Å². The molecule has 362 valence electrons. The first-order valence-electron chi connectivity index (χ1n) is 22.8. The maximum atomic E-state index is 13.2. The normalized spacial score (nSPS) is 12.2. The molecule has 18 nitrogen and oxygen atoms in total. The molecule has 0 saturated carbocycles. The molecular formula is C46H71N6O12P. The van der Waals surface area contributed by atoms with Crippen molar-refractivity contribution in [2.24, 2.45) is 0 Å². The highest BCUT2D eigenvalue weighted by Crippen LogP contribution is 2.41. The van der Waals surface area contributed by atoms with E-state index in [0.29, 0.717) is 98.4 Å². The Labute approximate surface area is 385 Å². The first-order valence-corrected chi connectivity index (χ1v) is 23.9. The molecule has 2 aromatic carbocycles. The maximum absolute atomic E-state index is 13.2. The Hall–Kier alpha value is -4.07. The number of Topliss-reactive ketones (excluding diaryl/α,β-unsaturated/α-hetero) is 1. The van der Waals surface area contributed by atoms with Crippen molar-refractivity contribution in [1.82, 2.24) is 25.6 Å². The second kappa shape index (κ2) is 35.2. The Balaban J connectivity index is 0.000000473. The van der Waals surface area contributed by atoms with E-state index in [1.54, 1.807) is 4.90 Å². The second-order valence-corrected chi connectivity index (χ2v) is 15.8. The lowest BCUT2D eigenvalue weighted by atomic mass is 9.95. The highest BCUT2D eigenvalue weighted by molar-refractivity contribution is 7.40. The summed E-state index contributed by atoms with van der Waals surface area (Å²) in [7, 11) is 1.23. The molecule has 0 spiro atoms. The van der Waals surface area contributed by atoms with Gasteiger partial charge in [0.05, 0.1) is 84.5 Å². The van der Waals surface area contributed by atoms with E-state index in [2.05, 4.69) is 30.5 Å². The van der Waals surface area contributed by atoms with Crippen molar-refractivity contribution >= 4 is 38.2 Å². The van der Waals surface area contributed by atoms with Crippen LogP contribution in [0.25, 0.3) is 22.5 Å². The molecule has 0 fully saturated rings. The number of hydrogen-bond acceptors (Lipinski definition) is 15. The highest BCUT2D eigenvalue weighted by Gasteiger charge is 2.28. The number of anilines is 1. The van der Waals surface area contributed by atoms with Gasteiger partial charge in [-0.15, -0.1) is 5.10 Å². The quantitative estimate of drug-likeness (QED) is 0.0199. The molecule has 4 rings (SSSR count). The Bertz CT molecular complexity index is 1790. The highest BCUT2D eigenvalue weighted by atomic mass is 31.2. The lowest BCUT2D eigenvalue weighted by molar-refractivity contribution is -0.187. The van der Waals surface area contributed by atoms with Crippen LogP contribution in [0.2, 0.25) is 0 Å². The van der Waals surface area contributed by atoms with Crippen LogP contribution < -0.4 is 15.5 Å². The van der Waals surface area contributed by atoms with Crippen LogP contribution in [0.3, 0.4) is 0 Å². The van der Waals surface area contributed by atoms with E-state index in [1.807, 2.05) is 67.2 Å². The van der Waals surface area contributed by atoms with Gasteiger partial charge in [0.2, 0.25) is 11.8 Å². The van der Waals surface area contributed by atoms with Crippen molar-refractivity contribution in [3.05, 3.63) is 54.1 Å². The number of aromatic nitrogens is 3. The van der Waals surface area contributed by atoms with Gasteiger partial charge >= 0.3 is 8.60 Å². The van der Waals surface area contributed by atoms with E-state index in [4.69, 9.17) is 23.5 Å². The number of amides is 2. The van der Waals surface area contributed by atoms with Gasteiger partial charge < -0.3 is 48.7 Å². The molecule has 1 aliphatic rings. The zero-order chi connectivity index (χ0) is 46.7. The molecule has 19 heteroatoms. The van der Waals surface area contributed by atoms with Crippen LogP contribution in [0.5, 0.6) is 0 Å². The summed E-state index contributed by atoms with van der Waals surface area (Å²) in [6.07, 6.45) is 8.74. The third-order valence-corrected chi connectivity index (χ3v) is 10.8. The van der Waals surface area contributed by atoms with Crippen LogP contribution in [0, 0.1) is 0 Å². The molecular weight excluding hydrogens is 860 g/mol. The second-order valence-electron chi connectivity index (χ2n) is 15.0. The third kappa shape index (κ3) is 22.3. The van der Waals surface area contributed by atoms with Gasteiger partial charge in [-0.3, -0.25) is 14.4 Å². The summed E-state index contributed by atoms with van der Waals surface area (Å²) in [6.45, 7) is 9.33. The molecule has 0 bridgehead atoms. The number of fused-ring (bicyclic) bond motifs is 5. The summed E-state index contributed by atoms with van der Waals surface area (Å²) in [4.78, 5) is 62.9. The van der Waals surface area contributed by atoms with Crippen LogP contribution in [-0.2, 0) is 65.3 Å². The third-order valence-electron chi connectivity index (χ3n) is 10.1. The van der Waals surface area contributed by atoms with Gasteiger partial charge in [0.25, 0.3) is 0 Å². The van der Waals surface area contributed by atoms with Gasteiger partial charge in [0.1, 0.15) is 17.8 Å². The molecule has 2 amide bonds. The number of unbranched alkanes of at least 4 members (excludes halogenated alkanes) is 5. The molecule has 0 radical (unpaired) electrons. The molecule has 3 N–H and O–H groups in total. The van der Waals surface area contributed by atoms with E-state index in [9.17, 15) is 24.1 Å². The molecule has 2 heterocycles. The number of nitrogens with one attached hydrogen (secondary N) is 2. The molecule has 1 unspecified atom stereocenters. The minimum absolute atomic E-state index is 0.0598. The largest absolute Gasteiger partial charge is 0.379 e. The average molecular weight is 931 g/mol. The molecule has 1 aliphatic heterocycles. The van der Waals surface area contributed by atoms with Gasteiger partial charge in [0.15, 0.2) is 0 Å². The van der Waals surface area contributed by atoms with E-state index >= 15 is 0 Å². The summed E-state index contributed by atoms with van der Waals surface area (Å²) in [5.41, 5.74) is 5.18. The van der Waals surface area contributed by atoms with E-state index in [1.165, 1.54) is 7.11 Å². The number of benzene rings is 2. The zero-order valence-corrected chi connectivity index (χ0v) is 39.4. The SMILES string of the molecule is CCC(=O)CCOCCOCCOCCOCCNC.COOP(O)OCCCCCCNC(=O)CCCCCn1nnc2c1-c1ccccc1CN(C(=O)CCC=O)c1ccccc1-2. The average Bonchev–Trinajstić information content (AvgIpc) is 3.73. The molecule has 65 heavy (non-hydrogen) atoms. The molecule has 1 atom stereocenters. The van der Waals surface area contributed by atoms with Gasteiger partial charge in [0, 0.05) is 62.9 Å². The predicted molar refractivity (Wildman–Crippen MR) is 248 cm³/mol. The van der Waals surface area contributed by atoms with Crippen molar-refractivity contribution in [3.8, 4) is 22.5 Å². The minimum atomic E-state index is -1.97. The number of rotatable bonds is 35. The van der Waals surface area contributed by atoms with Crippen LogP contribution in [0.1, 0.15) is 89.5 Å². The van der Waals surface area contributed by atoms with Gasteiger partial charge in [-0.25, -0.2) is 9.57 Å². The van der Waals surface area contributed by atoms with Gasteiger partial charge in [-0.1, -0.05) is 73.9 Å². The fraction of sp³-hybridized carbons (Fsp3) is 0.609. The lowest BCUT2D eigenvalue weighted by Crippen LogP contribution is -2.31. The minimum Gasteiger partial charge on any atom is -0.379 e. The fourth-order valence-corrected chi connectivity index (χ4v) is 7.11. The number of aldehydes is 1. The number of nitrogens with zero attached hydrogens (tertiary/aromatic N) is 4. The topological polar surface area (TPSA) is 211 Å². The number of ether oxygens (including phenoxy) is 4. The van der Waals surface area contributed by atoms with Crippen molar-refractivity contribution in [2.75, 3.05) is 91.6 Å². The van der Waals surface area contributed by atoms with E-state index < -0.39 is 8.60 Å². The summed E-state index contributed by atoms with van der Waals surface area (Å²) in [5, 5.41) is 15.1. The smallest absolute Gasteiger partial charge is 0.360 e. The Morgan fingerprint density at radius 1 is 0.769 bits per heavy atom. The number of carbonyl (C=O) groups excluding carboxylic acids is 4. The van der Waals surface area contributed by atoms with Crippen molar-refractivity contribution < 1.29 is 57.1 Å². The zero-order valence-electron chi connectivity index (χ0n) is 38.5. The summed E-state index contributed by atoms with van der Waals surface area (Å²) in [6, 6.07) is 15.7. The van der Waals surface area contributed by atoms with Crippen LogP contribution in [0.4, 0.5) is 5.69 Å². The number of para-hydroxylation sites is 1. The summed E-state index contributed by atoms with van der Waals surface area (Å²) in [5.74, 6) is 0.183. The molecule has 0 aliphatic carbocycles. The fourth-order valence-electron chi connectivity index (χ4n) is 6.66. The molecule has 0 saturated heterocycles. The monoisotopic (exact) mass is 930 g/mol. The number of likely N-dealkylation sites (N-methyl/N-ethyl adjacent to an activating group) is 1. The predicted octanol–water partition coefficient (Wildman–Crippen LogP) is 6.13. The Kier molecular flexibility index (Phi) is 29.9. The van der Waals surface area contributed by atoms with Gasteiger partial charge in [-0.05, 0) is 44.4 Å². The van der Waals surface area contributed by atoms with Crippen LogP contribution >= 0.6 is 8.60 Å². The van der Waals surface area contributed by atoms with Gasteiger partial charge in [-0.2, -0.15) is 4.67 Å². The lowest BCUT2D eigenvalue weighted by Gasteiger charge is -2.28. The summed E-state index contributed by atoms with van der Waals surface area (Å²) >= 11 is 0. The molecule has 3 aromatic rings. The Morgan fingerprint density at radius 2 is 1.43 bits per heavy atom. The van der Waals surface area contributed by atoms with E-state index in [-0.39, 0.29) is 30.4 Å². The number of hydrogen-bond donors (Lipinski definition) is 3. The van der Waals surface area contributed by atoms with Crippen LogP contribution in [0.15, 0.2) is 48.5 Å². The van der Waals surface area contributed by atoms with E-state index in [0.717, 1.165) is 91.5 Å². The summed E-state index contributed by atoms with van der Waals surface area (Å²) < 4.78 is 32.7. The maximum Gasteiger partial charge on any atom is 0.360 e. The number of aryl methyl sites for hydroxylation is 1. The molecule has 1 aromatic heterocycles. The van der Waals surface area contributed by atoms with Crippen molar-refractivity contribution in [3.63, 3.8) is 0 Å². The number of ketones is 1. The van der Waals surface area contributed by atoms with Crippen LogP contribution in [-0.4, -0.2) is 130 Å². The standard InChI is InChI=1S/C32H42N5O7P.C14H29NO5/c1-42-44-45(41)43-23-12-3-2-10-20-33-29(39)18-5-4-11-21-37-32-26-15-7-6-14-25(26)24-36(30(40)19-13-22-38)28-17-9-8-16-27(28)31(32)34-35-37;1-3-14(16)4-6-17-8-10-19-12-13-20-11-9-18-7-5-15-2/h6-9,14-17,22,41H,2-5,10-13,18-21,23-24H2,1H3,(H,33,39);15H,3-13H2,1-2H3. The first-order chi connectivity index (χ1) is 31.8. The number of carbonyl (C=O) groups is 4. The van der Waals surface area contributed by atoms with Crippen molar-refractivity contribution in [1.29, 1.82) is 0 Å². The Morgan fingerprint density at radius 3 is 2.14 bits per heavy atom.